The van der Waals surface area contributed by atoms with Gasteiger partial charge in [0.2, 0.25) is 5.91 Å². The Hall–Kier alpha value is -2.18. The van der Waals surface area contributed by atoms with Gasteiger partial charge in [0.1, 0.15) is 12.2 Å². The molecule has 1 amide bonds. The van der Waals surface area contributed by atoms with Gasteiger partial charge in [-0.25, -0.2) is 4.98 Å². The van der Waals surface area contributed by atoms with Crippen molar-refractivity contribution >= 4 is 5.91 Å². The van der Waals surface area contributed by atoms with E-state index in [9.17, 15) is 4.79 Å². The zero-order valence-electron chi connectivity index (χ0n) is 14.5. The first-order valence-corrected chi connectivity index (χ1v) is 8.79. The van der Waals surface area contributed by atoms with Gasteiger partial charge in [-0.15, -0.1) is 10.2 Å². The molecule has 1 saturated carbocycles. The van der Waals surface area contributed by atoms with Gasteiger partial charge < -0.3 is 14.5 Å². The lowest BCUT2D eigenvalue weighted by molar-refractivity contribution is -0.122. The topological polar surface area (TPSA) is 77.6 Å². The summed E-state index contributed by atoms with van der Waals surface area (Å²) in [5, 5.41) is 11.2. The van der Waals surface area contributed by atoms with E-state index in [1.54, 1.807) is 12.5 Å². The number of imidazole rings is 1. The Labute approximate surface area is 142 Å². The van der Waals surface area contributed by atoms with Gasteiger partial charge in [0, 0.05) is 30.9 Å². The maximum atomic E-state index is 12.2. The van der Waals surface area contributed by atoms with E-state index in [4.69, 9.17) is 0 Å². The highest BCUT2D eigenvalue weighted by Crippen LogP contribution is 2.28. The van der Waals surface area contributed by atoms with Crippen molar-refractivity contribution < 1.29 is 4.79 Å². The molecule has 1 aliphatic rings. The van der Waals surface area contributed by atoms with Crippen LogP contribution in [0, 0.1) is 6.92 Å². The van der Waals surface area contributed by atoms with E-state index in [1.165, 1.54) is 32.1 Å². The fourth-order valence-corrected chi connectivity index (χ4v) is 3.53. The third-order valence-electron chi connectivity index (χ3n) is 4.88. The van der Waals surface area contributed by atoms with Crippen molar-refractivity contribution in [3.8, 4) is 0 Å². The minimum absolute atomic E-state index is 0.0220. The van der Waals surface area contributed by atoms with Crippen LogP contribution in [0.3, 0.4) is 0 Å². The number of hydrogen-bond donors (Lipinski definition) is 1. The number of nitrogens with one attached hydrogen (secondary N) is 1. The van der Waals surface area contributed by atoms with Gasteiger partial charge >= 0.3 is 0 Å². The Morgan fingerprint density at radius 3 is 2.88 bits per heavy atom. The second-order valence-corrected chi connectivity index (χ2v) is 6.66. The van der Waals surface area contributed by atoms with Crippen LogP contribution >= 0.6 is 0 Å². The Balaban J connectivity index is 1.53. The van der Waals surface area contributed by atoms with E-state index >= 15 is 0 Å². The van der Waals surface area contributed by atoms with E-state index in [-0.39, 0.29) is 11.9 Å². The highest BCUT2D eigenvalue weighted by molar-refractivity contribution is 5.76. The molecule has 7 heteroatoms. The van der Waals surface area contributed by atoms with E-state index < -0.39 is 0 Å². The maximum absolute atomic E-state index is 12.2. The first-order chi connectivity index (χ1) is 11.6. The zero-order valence-corrected chi connectivity index (χ0v) is 14.5. The molecule has 0 aliphatic heterocycles. The van der Waals surface area contributed by atoms with Gasteiger partial charge in [-0.1, -0.05) is 19.3 Å². The SMILES string of the molecule is Cc1nccn1[C@H](C)CC(=O)NCc1nncn1C1CCCCC1. The lowest BCUT2D eigenvalue weighted by Crippen LogP contribution is -2.27. The van der Waals surface area contributed by atoms with Crippen LogP contribution in [0.4, 0.5) is 0 Å². The van der Waals surface area contributed by atoms with Crippen molar-refractivity contribution in [3.63, 3.8) is 0 Å². The van der Waals surface area contributed by atoms with Gasteiger partial charge in [-0.2, -0.15) is 0 Å². The van der Waals surface area contributed by atoms with Crippen LogP contribution in [0.1, 0.15) is 69.2 Å². The molecule has 2 aromatic heterocycles. The Morgan fingerprint density at radius 2 is 2.17 bits per heavy atom. The molecule has 0 bridgehead atoms. The summed E-state index contributed by atoms with van der Waals surface area (Å²) < 4.78 is 4.16. The molecular formula is C17H26N6O. The summed E-state index contributed by atoms with van der Waals surface area (Å²) in [6, 6.07) is 0.567. The largest absolute Gasteiger partial charge is 0.349 e. The fourth-order valence-electron chi connectivity index (χ4n) is 3.53. The van der Waals surface area contributed by atoms with Crippen LogP contribution in [0.15, 0.2) is 18.7 Å². The van der Waals surface area contributed by atoms with Crippen LogP contribution in [0.5, 0.6) is 0 Å². The quantitative estimate of drug-likeness (QED) is 0.883. The summed E-state index contributed by atoms with van der Waals surface area (Å²) in [7, 11) is 0. The third-order valence-corrected chi connectivity index (χ3v) is 4.88. The second kappa shape index (κ2) is 7.59. The average molecular weight is 330 g/mol. The number of aryl methyl sites for hydroxylation is 1. The number of hydrogen-bond acceptors (Lipinski definition) is 4. The van der Waals surface area contributed by atoms with Crippen molar-refractivity contribution in [1.29, 1.82) is 0 Å². The fraction of sp³-hybridized carbons (Fsp3) is 0.647. The average Bonchev–Trinajstić information content (AvgIpc) is 3.22. The lowest BCUT2D eigenvalue weighted by atomic mass is 9.95. The van der Waals surface area contributed by atoms with Crippen LogP contribution < -0.4 is 5.32 Å². The first-order valence-electron chi connectivity index (χ1n) is 8.79. The monoisotopic (exact) mass is 330 g/mol. The number of aromatic nitrogens is 5. The molecule has 3 rings (SSSR count). The van der Waals surface area contributed by atoms with E-state index in [0.717, 1.165) is 11.6 Å². The summed E-state index contributed by atoms with van der Waals surface area (Å²) in [6.07, 6.45) is 12.1. The highest BCUT2D eigenvalue weighted by atomic mass is 16.1. The molecule has 7 nitrogen and oxygen atoms in total. The van der Waals surface area contributed by atoms with Crippen molar-refractivity contribution in [2.75, 3.05) is 0 Å². The molecular weight excluding hydrogens is 304 g/mol. The van der Waals surface area contributed by atoms with E-state index in [0.29, 0.717) is 19.0 Å². The molecule has 24 heavy (non-hydrogen) atoms. The zero-order chi connectivity index (χ0) is 16.9. The summed E-state index contributed by atoms with van der Waals surface area (Å²) in [5.74, 6) is 1.79. The molecule has 0 aromatic carbocycles. The molecule has 0 unspecified atom stereocenters. The lowest BCUT2D eigenvalue weighted by Gasteiger charge is -2.24. The summed E-state index contributed by atoms with van der Waals surface area (Å²) in [4.78, 5) is 16.4. The van der Waals surface area contributed by atoms with Crippen LogP contribution in [-0.2, 0) is 11.3 Å². The van der Waals surface area contributed by atoms with Gasteiger partial charge in [-0.05, 0) is 26.7 Å². The Kier molecular flexibility index (Phi) is 5.27. The van der Waals surface area contributed by atoms with Crippen LogP contribution in [0.25, 0.3) is 0 Å². The van der Waals surface area contributed by atoms with Crippen LogP contribution in [0.2, 0.25) is 0 Å². The van der Waals surface area contributed by atoms with Crippen molar-refractivity contribution in [2.45, 2.75) is 71.0 Å². The number of amides is 1. The van der Waals surface area contributed by atoms with Crippen molar-refractivity contribution in [2.24, 2.45) is 0 Å². The highest BCUT2D eigenvalue weighted by Gasteiger charge is 2.19. The van der Waals surface area contributed by atoms with Gasteiger partial charge in [-0.3, -0.25) is 4.79 Å². The minimum atomic E-state index is 0.0220. The third kappa shape index (κ3) is 3.83. The molecule has 130 valence electrons. The molecule has 0 radical (unpaired) electrons. The van der Waals surface area contributed by atoms with E-state index in [2.05, 4.69) is 25.1 Å². The van der Waals surface area contributed by atoms with Crippen molar-refractivity contribution in [1.82, 2.24) is 29.6 Å². The molecule has 1 atom stereocenters. The molecule has 1 aliphatic carbocycles. The molecule has 2 heterocycles. The minimum Gasteiger partial charge on any atom is -0.349 e. The van der Waals surface area contributed by atoms with Gasteiger partial charge in [0.25, 0.3) is 0 Å². The number of nitrogens with zero attached hydrogens (tertiary/aromatic N) is 5. The Bertz CT molecular complexity index is 670. The number of rotatable bonds is 6. The standard InChI is InChI=1S/C17H26N6O/c1-13(22-9-8-18-14(22)2)10-17(24)19-11-16-21-20-12-23(16)15-6-4-3-5-7-15/h8-9,12-13,15H,3-7,10-11H2,1-2H3,(H,19,24)/t13-/m1/s1. The normalized spacial score (nSPS) is 16.9. The first kappa shape index (κ1) is 16.7. The smallest absolute Gasteiger partial charge is 0.222 e. The summed E-state index contributed by atoms with van der Waals surface area (Å²) in [5.41, 5.74) is 0. The summed E-state index contributed by atoms with van der Waals surface area (Å²) >= 11 is 0. The molecule has 1 N–H and O–H groups in total. The Morgan fingerprint density at radius 1 is 1.38 bits per heavy atom. The van der Waals surface area contributed by atoms with E-state index in [1.807, 2.05) is 24.6 Å². The molecule has 2 aromatic rings. The predicted octanol–water partition coefficient (Wildman–Crippen LogP) is 2.56. The number of carbonyl (C=O) groups excluding carboxylic acids is 1. The number of carbonyl (C=O) groups is 1. The van der Waals surface area contributed by atoms with Crippen LogP contribution in [-0.4, -0.2) is 30.2 Å². The molecule has 1 fully saturated rings. The summed E-state index contributed by atoms with van der Waals surface area (Å²) in [6.45, 7) is 4.41. The maximum Gasteiger partial charge on any atom is 0.222 e. The molecule has 0 saturated heterocycles. The predicted molar refractivity (Wildman–Crippen MR) is 90.3 cm³/mol. The molecule has 0 spiro atoms. The van der Waals surface area contributed by atoms with Crippen molar-refractivity contribution in [3.05, 3.63) is 30.4 Å². The second-order valence-electron chi connectivity index (χ2n) is 6.66. The van der Waals surface area contributed by atoms with Gasteiger partial charge in [0.15, 0.2) is 5.82 Å². The van der Waals surface area contributed by atoms with Gasteiger partial charge in [0.05, 0.1) is 6.54 Å².